The summed E-state index contributed by atoms with van der Waals surface area (Å²) >= 11 is 0. The van der Waals surface area contributed by atoms with Crippen molar-refractivity contribution >= 4 is 5.82 Å². The Balaban J connectivity index is 1.76. The van der Waals surface area contributed by atoms with Crippen molar-refractivity contribution < 1.29 is 0 Å². The second-order valence-corrected chi connectivity index (χ2v) is 6.83. The molecule has 0 N–H and O–H groups in total. The van der Waals surface area contributed by atoms with Gasteiger partial charge in [-0.25, -0.2) is 4.68 Å². The molecule has 0 bridgehead atoms. The van der Waals surface area contributed by atoms with Crippen LogP contribution in [-0.4, -0.2) is 33.1 Å². The van der Waals surface area contributed by atoms with Crippen LogP contribution in [0, 0.1) is 20.8 Å². The van der Waals surface area contributed by atoms with Crippen LogP contribution in [0.4, 0.5) is 5.82 Å². The molecule has 0 radical (unpaired) electrons. The minimum atomic E-state index is 0.880. The number of hydrogen-bond donors (Lipinski definition) is 0. The van der Waals surface area contributed by atoms with E-state index in [0.717, 1.165) is 47.2 Å². The van der Waals surface area contributed by atoms with Gasteiger partial charge in [-0.1, -0.05) is 12.1 Å². The molecule has 0 unspecified atom stereocenters. The van der Waals surface area contributed by atoms with Gasteiger partial charge in [0.1, 0.15) is 0 Å². The molecule has 0 aliphatic carbocycles. The van der Waals surface area contributed by atoms with E-state index < -0.39 is 0 Å². The van der Waals surface area contributed by atoms with Crippen LogP contribution in [0.15, 0.2) is 36.4 Å². The molecule has 1 aromatic carbocycles. The SMILES string of the molecule is Cc1ccc(-c2ccc(N3CCCC3)nn2)c(-n2nc(C)cc2C)c1. The van der Waals surface area contributed by atoms with E-state index in [1.54, 1.807) is 0 Å². The number of hydrogen-bond acceptors (Lipinski definition) is 4. The van der Waals surface area contributed by atoms with E-state index in [4.69, 9.17) is 0 Å². The van der Waals surface area contributed by atoms with Gasteiger partial charge in [0.05, 0.1) is 17.1 Å². The fraction of sp³-hybridized carbons (Fsp3) is 0.350. The number of benzene rings is 1. The van der Waals surface area contributed by atoms with Crippen molar-refractivity contribution in [3.63, 3.8) is 0 Å². The highest BCUT2D eigenvalue weighted by atomic mass is 15.3. The lowest BCUT2D eigenvalue weighted by Crippen LogP contribution is -2.19. The molecule has 1 aliphatic rings. The smallest absolute Gasteiger partial charge is 0.151 e. The molecule has 25 heavy (non-hydrogen) atoms. The van der Waals surface area contributed by atoms with Gasteiger partial charge in [0.25, 0.3) is 0 Å². The Morgan fingerprint density at radius 1 is 0.880 bits per heavy atom. The van der Waals surface area contributed by atoms with Gasteiger partial charge in [-0.05, 0) is 63.4 Å². The second-order valence-electron chi connectivity index (χ2n) is 6.83. The maximum absolute atomic E-state index is 4.65. The Morgan fingerprint density at radius 2 is 1.68 bits per heavy atom. The van der Waals surface area contributed by atoms with Crippen molar-refractivity contribution in [2.45, 2.75) is 33.6 Å². The molecule has 0 atom stereocenters. The summed E-state index contributed by atoms with van der Waals surface area (Å²) in [5.74, 6) is 0.973. The molecule has 4 rings (SSSR count). The number of aromatic nitrogens is 4. The minimum Gasteiger partial charge on any atom is -0.355 e. The van der Waals surface area contributed by atoms with E-state index in [1.807, 2.05) is 11.6 Å². The molecule has 1 fully saturated rings. The maximum atomic E-state index is 4.65. The Hall–Kier alpha value is -2.69. The third-order valence-corrected chi connectivity index (χ3v) is 4.75. The summed E-state index contributed by atoms with van der Waals surface area (Å²) in [6.07, 6.45) is 2.48. The fourth-order valence-electron chi connectivity index (χ4n) is 3.49. The summed E-state index contributed by atoms with van der Waals surface area (Å²) in [6.45, 7) is 8.35. The molecule has 5 nitrogen and oxygen atoms in total. The van der Waals surface area contributed by atoms with Crippen molar-refractivity contribution in [2.24, 2.45) is 0 Å². The van der Waals surface area contributed by atoms with Gasteiger partial charge in [-0.15, -0.1) is 10.2 Å². The fourth-order valence-corrected chi connectivity index (χ4v) is 3.49. The number of rotatable bonds is 3. The lowest BCUT2D eigenvalue weighted by molar-refractivity contribution is 0.832. The van der Waals surface area contributed by atoms with Gasteiger partial charge in [0.15, 0.2) is 5.82 Å². The second kappa shape index (κ2) is 6.31. The molecule has 5 heteroatoms. The number of anilines is 1. The third kappa shape index (κ3) is 3.02. The first-order valence-electron chi connectivity index (χ1n) is 8.85. The summed E-state index contributed by atoms with van der Waals surface area (Å²) in [5, 5.41) is 13.6. The lowest BCUT2D eigenvalue weighted by atomic mass is 10.1. The lowest BCUT2D eigenvalue weighted by Gasteiger charge is -2.16. The average molecular weight is 333 g/mol. The molecule has 128 valence electrons. The molecule has 0 saturated carbocycles. The summed E-state index contributed by atoms with van der Waals surface area (Å²) in [6, 6.07) is 12.6. The molecular weight excluding hydrogens is 310 g/mol. The summed E-state index contributed by atoms with van der Waals surface area (Å²) in [5.41, 5.74) is 6.32. The quantitative estimate of drug-likeness (QED) is 0.730. The zero-order valence-electron chi connectivity index (χ0n) is 15.0. The first kappa shape index (κ1) is 15.8. The maximum Gasteiger partial charge on any atom is 0.151 e. The van der Waals surface area contributed by atoms with Gasteiger partial charge in [-0.3, -0.25) is 0 Å². The Kier molecular flexibility index (Phi) is 3.99. The highest BCUT2D eigenvalue weighted by molar-refractivity contribution is 5.71. The van der Waals surface area contributed by atoms with Crippen LogP contribution in [0.2, 0.25) is 0 Å². The highest BCUT2D eigenvalue weighted by Crippen LogP contribution is 2.28. The van der Waals surface area contributed by atoms with Gasteiger partial charge in [-0.2, -0.15) is 5.10 Å². The zero-order valence-corrected chi connectivity index (χ0v) is 15.0. The summed E-state index contributed by atoms with van der Waals surface area (Å²) < 4.78 is 1.99. The van der Waals surface area contributed by atoms with Crippen molar-refractivity contribution in [1.82, 2.24) is 20.0 Å². The predicted octanol–water partition coefficient (Wildman–Crippen LogP) is 3.85. The van der Waals surface area contributed by atoms with Crippen LogP contribution in [-0.2, 0) is 0 Å². The van der Waals surface area contributed by atoms with Crippen LogP contribution in [0.1, 0.15) is 29.8 Å². The van der Waals surface area contributed by atoms with Crippen molar-refractivity contribution in [1.29, 1.82) is 0 Å². The highest BCUT2D eigenvalue weighted by Gasteiger charge is 2.16. The van der Waals surface area contributed by atoms with Gasteiger partial charge < -0.3 is 4.90 Å². The Morgan fingerprint density at radius 3 is 2.32 bits per heavy atom. The molecule has 0 amide bonds. The third-order valence-electron chi connectivity index (χ3n) is 4.75. The molecule has 1 saturated heterocycles. The predicted molar refractivity (Wildman–Crippen MR) is 100 cm³/mol. The average Bonchev–Trinajstić information content (AvgIpc) is 3.25. The van der Waals surface area contributed by atoms with E-state index in [9.17, 15) is 0 Å². The summed E-state index contributed by atoms with van der Waals surface area (Å²) in [4.78, 5) is 2.30. The van der Waals surface area contributed by atoms with Crippen LogP contribution >= 0.6 is 0 Å². The number of aryl methyl sites for hydroxylation is 3. The van der Waals surface area contributed by atoms with E-state index in [2.05, 4.69) is 70.4 Å². The van der Waals surface area contributed by atoms with E-state index >= 15 is 0 Å². The molecular formula is C20H23N5. The molecule has 1 aliphatic heterocycles. The van der Waals surface area contributed by atoms with Gasteiger partial charge in [0, 0.05) is 24.3 Å². The molecule has 3 heterocycles. The zero-order chi connectivity index (χ0) is 17.4. The summed E-state index contributed by atoms with van der Waals surface area (Å²) in [7, 11) is 0. The first-order valence-corrected chi connectivity index (χ1v) is 8.85. The van der Waals surface area contributed by atoms with Crippen molar-refractivity contribution in [2.75, 3.05) is 18.0 Å². The van der Waals surface area contributed by atoms with E-state index in [-0.39, 0.29) is 0 Å². The van der Waals surface area contributed by atoms with Crippen molar-refractivity contribution in [3.8, 4) is 16.9 Å². The molecule has 2 aromatic heterocycles. The number of nitrogens with zero attached hydrogens (tertiary/aromatic N) is 5. The Labute approximate surface area is 148 Å². The van der Waals surface area contributed by atoms with Crippen LogP contribution in [0.25, 0.3) is 16.9 Å². The van der Waals surface area contributed by atoms with Crippen LogP contribution < -0.4 is 4.90 Å². The standard InChI is InChI=1S/C20H23N5/c1-14-6-7-17(19(12-14)25-16(3)13-15(2)23-25)18-8-9-20(22-21-18)24-10-4-5-11-24/h6-9,12-13H,4-5,10-11H2,1-3H3. The van der Waals surface area contributed by atoms with Gasteiger partial charge in [0.2, 0.25) is 0 Å². The molecule has 3 aromatic rings. The van der Waals surface area contributed by atoms with Gasteiger partial charge >= 0.3 is 0 Å². The Bertz CT molecular complexity index is 889. The molecule has 0 spiro atoms. The van der Waals surface area contributed by atoms with E-state index in [0.29, 0.717) is 0 Å². The normalized spacial score (nSPS) is 14.3. The topological polar surface area (TPSA) is 46.8 Å². The monoisotopic (exact) mass is 333 g/mol. The van der Waals surface area contributed by atoms with Crippen molar-refractivity contribution in [3.05, 3.63) is 53.3 Å². The van der Waals surface area contributed by atoms with Crippen LogP contribution in [0.3, 0.4) is 0 Å². The first-order chi connectivity index (χ1) is 12.1. The largest absolute Gasteiger partial charge is 0.355 e. The minimum absolute atomic E-state index is 0.880. The van der Waals surface area contributed by atoms with E-state index in [1.165, 1.54) is 18.4 Å². The van der Waals surface area contributed by atoms with Crippen LogP contribution in [0.5, 0.6) is 0 Å².